The first-order valence-electron chi connectivity index (χ1n) is 9.84. The molecule has 1 unspecified atom stereocenters. The molecule has 2 aliphatic rings. The zero-order valence-corrected chi connectivity index (χ0v) is 19.5. The summed E-state index contributed by atoms with van der Waals surface area (Å²) in [4.78, 5) is 45.9. The van der Waals surface area contributed by atoms with Gasteiger partial charge in [0.05, 0.1) is 0 Å². The van der Waals surface area contributed by atoms with Crippen LogP contribution in [0, 0.1) is 0 Å². The number of hydrogen-bond acceptors (Lipinski definition) is 7. The van der Waals surface area contributed by atoms with Gasteiger partial charge in [0, 0.05) is 50.7 Å². The third kappa shape index (κ3) is 9.00. The van der Waals surface area contributed by atoms with Crippen LogP contribution < -0.4 is 21.5 Å². The Labute approximate surface area is 189 Å². The van der Waals surface area contributed by atoms with Crippen LogP contribution >= 0.6 is 18.3 Å². The monoisotopic (exact) mass is 496 g/mol. The Bertz CT molecular complexity index is 719. The van der Waals surface area contributed by atoms with Crippen LogP contribution in [0.5, 0.6) is 0 Å². The average Bonchev–Trinajstić information content (AvgIpc) is 3.59. The lowest BCUT2D eigenvalue weighted by Gasteiger charge is -2.25. The SMILES string of the molecule is NC(CCC(=O)N[C@@H](CSCCNP(=S)(N1CC1)N1CC1)C(=O)NCC(=O)O)C(=O)O. The van der Waals surface area contributed by atoms with E-state index in [1.54, 1.807) is 0 Å². The Morgan fingerprint density at radius 1 is 1.13 bits per heavy atom. The fourth-order valence-electron chi connectivity index (χ4n) is 2.62. The van der Waals surface area contributed by atoms with E-state index in [0.29, 0.717) is 12.3 Å². The summed E-state index contributed by atoms with van der Waals surface area (Å²) in [6.45, 7) is 2.31. The van der Waals surface area contributed by atoms with Crippen molar-refractivity contribution in [1.82, 2.24) is 25.1 Å². The molecule has 12 nitrogen and oxygen atoms in total. The first kappa shape index (κ1) is 26.0. The Kier molecular flexibility index (Phi) is 10.1. The van der Waals surface area contributed by atoms with E-state index in [-0.39, 0.29) is 18.6 Å². The number of nitrogens with two attached hydrogens (primary N) is 1. The minimum atomic E-state index is -1.83. The molecule has 2 rings (SSSR count). The van der Waals surface area contributed by atoms with Gasteiger partial charge in [0.25, 0.3) is 0 Å². The van der Waals surface area contributed by atoms with Crippen molar-refractivity contribution in [2.75, 3.05) is 50.8 Å². The highest BCUT2D eigenvalue weighted by Gasteiger charge is 2.43. The zero-order chi connectivity index (χ0) is 23.0. The molecular weight excluding hydrogens is 467 g/mol. The maximum atomic E-state index is 12.3. The lowest BCUT2D eigenvalue weighted by molar-refractivity contribution is -0.139. The quantitative estimate of drug-likeness (QED) is 0.0791. The van der Waals surface area contributed by atoms with Gasteiger partial charge in [0.2, 0.25) is 11.8 Å². The summed E-state index contributed by atoms with van der Waals surface area (Å²) in [7, 11) is 0. The Hall–Kier alpha value is -1.28. The molecule has 31 heavy (non-hydrogen) atoms. The number of aliphatic carboxylic acids is 2. The van der Waals surface area contributed by atoms with Gasteiger partial charge in [-0.15, -0.1) is 0 Å². The van der Waals surface area contributed by atoms with E-state index in [2.05, 4.69) is 25.1 Å². The van der Waals surface area contributed by atoms with Crippen molar-refractivity contribution in [3.63, 3.8) is 0 Å². The van der Waals surface area contributed by atoms with Gasteiger partial charge < -0.3 is 26.6 Å². The maximum absolute atomic E-state index is 12.3. The second-order valence-corrected chi connectivity index (χ2v) is 12.4. The first-order valence-corrected chi connectivity index (χ1v) is 13.7. The number of hydrogen-bond donors (Lipinski definition) is 6. The fourth-order valence-corrected chi connectivity index (χ4v) is 7.33. The summed E-state index contributed by atoms with van der Waals surface area (Å²) in [6.07, 6.45) is -0.226. The summed E-state index contributed by atoms with van der Waals surface area (Å²) in [5.74, 6) is -2.65. The van der Waals surface area contributed by atoms with E-state index in [4.69, 9.17) is 27.8 Å². The minimum absolute atomic E-state index is 0.0701. The zero-order valence-electron chi connectivity index (χ0n) is 17.0. The van der Waals surface area contributed by atoms with Crippen LogP contribution in [0.1, 0.15) is 12.8 Å². The third-order valence-corrected chi connectivity index (χ3v) is 10.3. The van der Waals surface area contributed by atoms with Gasteiger partial charge in [-0.3, -0.25) is 24.3 Å². The van der Waals surface area contributed by atoms with Gasteiger partial charge in [0.1, 0.15) is 25.1 Å². The standard InChI is InChI=1S/C16H29N6O6PS2/c17-11(16(27)28)1-2-13(23)20-12(15(26)18-9-14(24)25)10-31-8-3-19-29(30,21-4-5-21)22-6-7-22/h11-12H,1-10,17H2,(H,18,26)(H,19,30)(H,20,23)(H,24,25)(H,27,28)/t11?,12-/m0/s1. The van der Waals surface area contributed by atoms with Gasteiger partial charge in [0.15, 0.2) is 0 Å². The number of thioether (sulfide) groups is 1. The number of carboxylic acids is 2. The van der Waals surface area contributed by atoms with Crippen LogP contribution in [0.15, 0.2) is 0 Å². The minimum Gasteiger partial charge on any atom is -0.480 e. The molecule has 0 spiro atoms. The Balaban J connectivity index is 1.78. The van der Waals surface area contributed by atoms with Crippen molar-refractivity contribution >= 4 is 53.8 Å². The maximum Gasteiger partial charge on any atom is 0.322 e. The van der Waals surface area contributed by atoms with Crippen LogP contribution in [0.3, 0.4) is 0 Å². The van der Waals surface area contributed by atoms with Crippen molar-refractivity contribution in [1.29, 1.82) is 0 Å². The van der Waals surface area contributed by atoms with Crippen molar-refractivity contribution in [3.05, 3.63) is 0 Å². The molecule has 0 bridgehead atoms. The summed E-state index contributed by atoms with van der Waals surface area (Å²) in [5, 5.41) is 25.8. The normalized spacial score (nSPS) is 18.1. The smallest absolute Gasteiger partial charge is 0.322 e. The molecule has 7 N–H and O–H groups in total. The molecule has 2 atom stereocenters. The molecule has 2 saturated heterocycles. The van der Waals surface area contributed by atoms with E-state index < -0.39 is 48.9 Å². The highest BCUT2D eigenvalue weighted by atomic mass is 32.4. The van der Waals surface area contributed by atoms with Gasteiger partial charge in [-0.1, -0.05) is 0 Å². The van der Waals surface area contributed by atoms with E-state index in [1.165, 1.54) is 11.8 Å². The summed E-state index contributed by atoms with van der Waals surface area (Å²) >= 11 is 7.25. The van der Waals surface area contributed by atoms with Gasteiger partial charge in [-0.25, -0.2) is 9.34 Å². The van der Waals surface area contributed by atoms with Crippen molar-refractivity contribution < 1.29 is 29.4 Å². The summed E-state index contributed by atoms with van der Waals surface area (Å²) in [5.41, 5.74) is 5.39. The molecule has 15 heteroatoms. The fraction of sp³-hybridized carbons (Fsp3) is 0.750. The van der Waals surface area contributed by atoms with Crippen LogP contribution in [0.4, 0.5) is 0 Å². The Morgan fingerprint density at radius 3 is 2.26 bits per heavy atom. The molecule has 2 aliphatic heterocycles. The molecule has 176 valence electrons. The number of carbonyl (C=O) groups is 4. The molecule has 0 aromatic rings. The summed E-state index contributed by atoms with van der Waals surface area (Å²) < 4.78 is 4.54. The lowest BCUT2D eigenvalue weighted by Crippen LogP contribution is -2.49. The molecule has 0 aliphatic carbocycles. The van der Waals surface area contributed by atoms with E-state index >= 15 is 0 Å². The molecule has 0 aromatic carbocycles. The molecular formula is C16H29N6O6PS2. The molecule has 2 fully saturated rings. The second kappa shape index (κ2) is 12.1. The van der Waals surface area contributed by atoms with Crippen molar-refractivity contribution in [3.8, 4) is 0 Å². The van der Waals surface area contributed by atoms with E-state index in [9.17, 15) is 19.2 Å². The van der Waals surface area contributed by atoms with Crippen molar-refractivity contribution in [2.24, 2.45) is 5.73 Å². The van der Waals surface area contributed by atoms with E-state index in [1.807, 2.05) is 0 Å². The van der Waals surface area contributed by atoms with Crippen LogP contribution in [0.25, 0.3) is 0 Å². The average molecular weight is 497 g/mol. The topological polar surface area (TPSA) is 177 Å². The van der Waals surface area contributed by atoms with Crippen LogP contribution in [-0.2, 0) is 31.0 Å². The number of amides is 2. The lowest BCUT2D eigenvalue weighted by atomic mass is 10.1. The largest absolute Gasteiger partial charge is 0.480 e. The predicted molar refractivity (Wildman–Crippen MR) is 120 cm³/mol. The first-order chi connectivity index (χ1) is 14.6. The van der Waals surface area contributed by atoms with Gasteiger partial charge >= 0.3 is 11.9 Å². The highest BCUT2D eigenvalue weighted by Crippen LogP contribution is 2.56. The third-order valence-electron chi connectivity index (χ3n) is 4.53. The molecule has 0 radical (unpaired) electrons. The van der Waals surface area contributed by atoms with Crippen molar-refractivity contribution in [2.45, 2.75) is 24.9 Å². The van der Waals surface area contributed by atoms with Crippen LogP contribution in [-0.4, -0.2) is 106 Å². The Morgan fingerprint density at radius 2 is 1.74 bits per heavy atom. The molecule has 0 aromatic heterocycles. The number of carboxylic acid groups (broad SMARTS) is 2. The molecule has 2 amide bonds. The van der Waals surface area contributed by atoms with E-state index in [0.717, 1.165) is 26.2 Å². The number of rotatable bonds is 16. The highest BCUT2D eigenvalue weighted by molar-refractivity contribution is 8.11. The number of nitrogens with zero attached hydrogens (tertiary/aromatic N) is 2. The van der Waals surface area contributed by atoms with Gasteiger partial charge in [-0.05, 0) is 18.2 Å². The molecule has 0 saturated carbocycles. The predicted octanol–water partition coefficient (Wildman–Crippen LogP) is -1.96. The summed E-state index contributed by atoms with van der Waals surface area (Å²) in [6, 6.07) is -2.11. The van der Waals surface area contributed by atoms with Crippen LogP contribution in [0.2, 0.25) is 0 Å². The number of nitrogens with one attached hydrogen (secondary N) is 3. The second-order valence-electron chi connectivity index (χ2n) is 7.15. The number of carbonyl (C=O) groups excluding carboxylic acids is 2. The molecule has 2 heterocycles. The van der Waals surface area contributed by atoms with Gasteiger partial charge in [-0.2, -0.15) is 11.8 Å².